The summed E-state index contributed by atoms with van der Waals surface area (Å²) in [5.41, 5.74) is 3.47. The van der Waals surface area contributed by atoms with Crippen molar-refractivity contribution in [3.63, 3.8) is 0 Å². The first-order valence-electron chi connectivity index (χ1n) is 11.0. The smallest absolute Gasteiger partial charge is 0.225 e. The van der Waals surface area contributed by atoms with E-state index in [4.69, 9.17) is 24.2 Å². The van der Waals surface area contributed by atoms with Crippen LogP contribution in [0.1, 0.15) is 23.7 Å². The number of halogens is 2. The topological polar surface area (TPSA) is 63.2 Å². The molecule has 0 spiro atoms. The van der Waals surface area contributed by atoms with Gasteiger partial charge in [0.1, 0.15) is 0 Å². The van der Waals surface area contributed by atoms with Crippen molar-refractivity contribution in [1.29, 1.82) is 0 Å². The molecule has 0 saturated carbocycles. The third-order valence-electron chi connectivity index (χ3n) is 6.28. The third kappa shape index (κ3) is 5.93. The van der Waals surface area contributed by atoms with Crippen molar-refractivity contribution in [3.05, 3.63) is 35.2 Å². The molecule has 33 heavy (non-hydrogen) atoms. The van der Waals surface area contributed by atoms with Crippen LogP contribution in [0.15, 0.2) is 18.3 Å². The zero-order valence-corrected chi connectivity index (χ0v) is 21.5. The standard InChI is InChI=1S/C23H33N5O3.2ClH/c1-5-26-10-12-28(13-11-26)23-24-14-18-16-27(9-8-19(18)25-23)15-17-6-7-20(29-2)22(31-4)21(17)30-3;;/h6-7,14H,5,8-13,15-16H2,1-4H3;2*1H. The summed E-state index contributed by atoms with van der Waals surface area (Å²) in [7, 11) is 4.94. The molecule has 1 aromatic carbocycles. The van der Waals surface area contributed by atoms with Crippen LogP contribution in [0.3, 0.4) is 0 Å². The van der Waals surface area contributed by atoms with Crippen molar-refractivity contribution in [3.8, 4) is 17.2 Å². The van der Waals surface area contributed by atoms with Crippen LogP contribution in [-0.2, 0) is 19.5 Å². The molecule has 0 N–H and O–H groups in total. The van der Waals surface area contributed by atoms with Crippen molar-refractivity contribution >= 4 is 30.8 Å². The van der Waals surface area contributed by atoms with Gasteiger partial charge in [0, 0.05) is 69.6 Å². The second-order valence-corrected chi connectivity index (χ2v) is 8.02. The average molecular weight is 500 g/mol. The van der Waals surface area contributed by atoms with Gasteiger partial charge >= 0.3 is 0 Å². The van der Waals surface area contributed by atoms with E-state index in [1.54, 1.807) is 21.3 Å². The lowest BCUT2D eigenvalue weighted by molar-refractivity contribution is 0.236. The molecule has 1 aromatic heterocycles. The van der Waals surface area contributed by atoms with E-state index in [0.29, 0.717) is 11.5 Å². The van der Waals surface area contributed by atoms with E-state index in [2.05, 4.69) is 21.6 Å². The molecule has 1 saturated heterocycles. The molecule has 0 atom stereocenters. The molecule has 4 rings (SSSR count). The Kier molecular flexibility index (Phi) is 10.3. The van der Waals surface area contributed by atoms with E-state index >= 15 is 0 Å². The van der Waals surface area contributed by atoms with E-state index < -0.39 is 0 Å². The molecule has 0 bridgehead atoms. The zero-order chi connectivity index (χ0) is 21.8. The van der Waals surface area contributed by atoms with E-state index in [0.717, 1.165) is 76.0 Å². The number of fused-ring (bicyclic) bond motifs is 1. The van der Waals surface area contributed by atoms with Gasteiger partial charge in [-0.15, -0.1) is 24.8 Å². The first-order valence-corrected chi connectivity index (χ1v) is 11.0. The van der Waals surface area contributed by atoms with Gasteiger partial charge in [-0.25, -0.2) is 9.97 Å². The van der Waals surface area contributed by atoms with E-state index in [-0.39, 0.29) is 24.8 Å². The summed E-state index contributed by atoms with van der Waals surface area (Å²) in [6.45, 7) is 10.0. The van der Waals surface area contributed by atoms with Gasteiger partial charge in [-0.2, -0.15) is 0 Å². The molecule has 3 heterocycles. The maximum Gasteiger partial charge on any atom is 0.225 e. The lowest BCUT2D eigenvalue weighted by Gasteiger charge is -2.35. The van der Waals surface area contributed by atoms with Crippen molar-refractivity contribution in [1.82, 2.24) is 19.8 Å². The molecule has 0 amide bonds. The Morgan fingerprint density at radius 2 is 1.61 bits per heavy atom. The number of hydrogen-bond acceptors (Lipinski definition) is 8. The molecule has 184 valence electrons. The van der Waals surface area contributed by atoms with E-state index in [1.807, 2.05) is 18.3 Å². The van der Waals surface area contributed by atoms with Gasteiger partial charge in [0.2, 0.25) is 11.7 Å². The van der Waals surface area contributed by atoms with Crippen LogP contribution in [0.25, 0.3) is 0 Å². The number of piperazine rings is 1. The lowest BCUT2D eigenvalue weighted by atomic mass is 10.1. The van der Waals surface area contributed by atoms with E-state index in [9.17, 15) is 0 Å². The molecule has 0 unspecified atom stereocenters. The Balaban J connectivity index is 0.00000193. The second-order valence-electron chi connectivity index (χ2n) is 8.02. The quantitative estimate of drug-likeness (QED) is 0.575. The molecule has 8 nitrogen and oxygen atoms in total. The SMILES string of the molecule is CCN1CCN(c2ncc3c(n2)CCN(Cc2ccc(OC)c(OC)c2OC)C3)CC1.Cl.Cl. The Morgan fingerprint density at radius 1 is 0.879 bits per heavy atom. The average Bonchev–Trinajstić information content (AvgIpc) is 2.83. The summed E-state index contributed by atoms with van der Waals surface area (Å²) in [5.74, 6) is 2.92. The van der Waals surface area contributed by atoms with E-state index in [1.165, 1.54) is 11.3 Å². The molecule has 1 fully saturated rings. The maximum absolute atomic E-state index is 5.65. The molecule has 0 radical (unpaired) electrons. The third-order valence-corrected chi connectivity index (χ3v) is 6.28. The molecule has 0 aliphatic carbocycles. The second kappa shape index (κ2) is 12.5. The fourth-order valence-electron chi connectivity index (χ4n) is 4.44. The monoisotopic (exact) mass is 499 g/mol. The van der Waals surface area contributed by atoms with Gasteiger partial charge in [0.15, 0.2) is 11.5 Å². The number of rotatable bonds is 7. The Morgan fingerprint density at radius 3 is 2.24 bits per heavy atom. The van der Waals surface area contributed by atoms with Crippen molar-refractivity contribution in [2.24, 2.45) is 0 Å². The minimum absolute atomic E-state index is 0. The van der Waals surface area contributed by atoms with Crippen molar-refractivity contribution < 1.29 is 14.2 Å². The summed E-state index contributed by atoms with van der Waals surface area (Å²) in [6.07, 6.45) is 2.94. The zero-order valence-electron chi connectivity index (χ0n) is 19.9. The highest BCUT2D eigenvalue weighted by Gasteiger charge is 2.24. The van der Waals surface area contributed by atoms with Gasteiger partial charge in [-0.05, 0) is 12.6 Å². The summed E-state index contributed by atoms with van der Waals surface area (Å²) < 4.78 is 16.6. The maximum atomic E-state index is 5.65. The molecule has 10 heteroatoms. The van der Waals surface area contributed by atoms with Crippen molar-refractivity contribution in [2.45, 2.75) is 26.4 Å². The number of nitrogens with zero attached hydrogens (tertiary/aromatic N) is 5. The Bertz CT molecular complexity index is 910. The molecular formula is C23H35Cl2N5O3. The minimum atomic E-state index is 0. The Labute approximate surface area is 209 Å². The number of aromatic nitrogens is 2. The van der Waals surface area contributed by atoms with Crippen LogP contribution in [-0.4, -0.2) is 80.4 Å². The minimum Gasteiger partial charge on any atom is -0.493 e. The summed E-state index contributed by atoms with van der Waals surface area (Å²) >= 11 is 0. The van der Waals surface area contributed by atoms with Gasteiger partial charge in [-0.3, -0.25) is 4.90 Å². The summed E-state index contributed by atoms with van der Waals surface area (Å²) in [6, 6.07) is 3.98. The van der Waals surface area contributed by atoms with Crippen LogP contribution < -0.4 is 19.1 Å². The molecule has 2 aromatic rings. The number of likely N-dealkylation sites (N-methyl/N-ethyl adjacent to an activating group) is 1. The van der Waals surface area contributed by atoms with Gasteiger partial charge in [-0.1, -0.05) is 13.0 Å². The summed E-state index contributed by atoms with van der Waals surface area (Å²) in [4.78, 5) is 16.8. The van der Waals surface area contributed by atoms with Crippen LogP contribution in [0.2, 0.25) is 0 Å². The van der Waals surface area contributed by atoms with Gasteiger partial charge in [0.05, 0.1) is 27.0 Å². The summed E-state index contributed by atoms with van der Waals surface area (Å²) in [5, 5.41) is 0. The number of methoxy groups -OCH3 is 3. The van der Waals surface area contributed by atoms with Crippen LogP contribution in [0.5, 0.6) is 17.2 Å². The number of hydrogen-bond donors (Lipinski definition) is 0. The molecular weight excluding hydrogens is 465 g/mol. The highest BCUT2D eigenvalue weighted by atomic mass is 35.5. The van der Waals surface area contributed by atoms with Crippen LogP contribution >= 0.6 is 24.8 Å². The number of anilines is 1. The van der Waals surface area contributed by atoms with Crippen molar-refractivity contribution in [2.75, 3.05) is 65.5 Å². The van der Waals surface area contributed by atoms with Gasteiger partial charge < -0.3 is 24.0 Å². The van der Waals surface area contributed by atoms with Gasteiger partial charge in [0.25, 0.3) is 0 Å². The normalized spacial score (nSPS) is 16.3. The fourth-order valence-corrected chi connectivity index (χ4v) is 4.44. The van der Waals surface area contributed by atoms with Crippen LogP contribution in [0.4, 0.5) is 5.95 Å². The molecule has 2 aliphatic rings. The largest absolute Gasteiger partial charge is 0.493 e. The molecule has 2 aliphatic heterocycles. The first-order chi connectivity index (χ1) is 15.2. The lowest BCUT2D eigenvalue weighted by Crippen LogP contribution is -2.47. The predicted molar refractivity (Wildman–Crippen MR) is 135 cm³/mol. The fraction of sp³-hybridized carbons (Fsp3) is 0.565. The first kappa shape index (κ1) is 27.2. The number of ether oxygens (including phenoxy) is 3. The number of benzene rings is 1. The predicted octanol–water partition coefficient (Wildman–Crippen LogP) is 3.05. The van der Waals surface area contributed by atoms with Crippen LogP contribution in [0, 0.1) is 0 Å². The highest BCUT2D eigenvalue weighted by Crippen LogP contribution is 2.40. The Hall–Kier alpha value is -2.00. The highest BCUT2D eigenvalue weighted by molar-refractivity contribution is 5.85.